The molecule has 2 aliphatic rings. The van der Waals surface area contributed by atoms with E-state index in [2.05, 4.69) is 22.0 Å². The summed E-state index contributed by atoms with van der Waals surface area (Å²) in [4.78, 5) is 0. The van der Waals surface area contributed by atoms with Gasteiger partial charge in [0.1, 0.15) is 0 Å². The Morgan fingerprint density at radius 3 is 2.71 bits per heavy atom. The van der Waals surface area contributed by atoms with Crippen LogP contribution < -0.4 is 0 Å². The molecule has 0 radical (unpaired) electrons. The van der Waals surface area contributed by atoms with E-state index in [9.17, 15) is 8.42 Å². The second kappa shape index (κ2) is 4.07. The molecule has 1 aromatic carbocycles. The van der Waals surface area contributed by atoms with Gasteiger partial charge in [0, 0.05) is 17.6 Å². The van der Waals surface area contributed by atoms with E-state index in [-0.39, 0.29) is 5.25 Å². The highest BCUT2D eigenvalue weighted by atomic mass is 79.9. The number of rotatable bonds is 2. The average molecular weight is 316 g/mol. The predicted octanol–water partition coefficient (Wildman–Crippen LogP) is 2.30. The van der Waals surface area contributed by atoms with Crippen molar-refractivity contribution < 1.29 is 8.42 Å². The molecule has 5 heteroatoms. The van der Waals surface area contributed by atoms with E-state index in [0.29, 0.717) is 13.1 Å². The van der Waals surface area contributed by atoms with Crippen LogP contribution >= 0.6 is 15.9 Å². The molecule has 1 aliphatic heterocycles. The molecule has 0 atom stereocenters. The summed E-state index contributed by atoms with van der Waals surface area (Å²) >= 11 is 3.45. The molecule has 3 rings (SSSR count). The molecular weight excluding hydrogens is 302 g/mol. The Morgan fingerprint density at radius 2 is 2.00 bits per heavy atom. The van der Waals surface area contributed by atoms with Gasteiger partial charge in [0.15, 0.2) is 0 Å². The third-order valence-electron chi connectivity index (χ3n) is 3.45. The quantitative estimate of drug-likeness (QED) is 0.839. The van der Waals surface area contributed by atoms with Crippen LogP contribution in [0.5, 0.6) is 0 Å². The Hall–Kier alpha value is -0.390. The first-order valence-corrected chi connectivity index (χ1v) is 8.13. The Balaban J connectivity index is 1.88. The minimum atomic E-state index is -3.02. The van der Waals surface area contributed by atoms with Crippen LogP contribution in [0.1, 0.15) is 24.0 Å². The zero-order valence-corrected chi connectivity index (χ0v) is 11.8. The summed E-state index contributed by atoms with van der Waals surface area (Å²) in [5, 5.41) is -0.0977. The molecule has 1 saturated carbocycles. The Kier molecular flexibility index (Phi) is 2.80. The van der Waals surface area contributed by atoms with Crippen LogP contribution in [-0.4, -0.2) is 24.5 Å². The van der Waals surface area contributed by atoms with Crippen LogP contribution in [0.2, 0.25) is 0 Å². The number of halogens is 1. The van der Waals surface area contributed by atoms with E-state index in [0.717, 1.165) is 29.3 Å². The smallest absolute Gasteiger partial charge is 0.212 e. The largest absolute Gasteiger partial charge is 0.217 e. The van der Waals surface area contributed by atoms with Crippen molar-refractivity contribution in [2.45, 2.75) is 31.1 Å². The topological polar surface area (TPSA) is 37.4 Å². The summed E-state index contributed by atoms with van der Waals surface area (Å²) in [5.74, 6) is 0. The lowest BCUT2D eigenvalue weighted by atomic mass is 10.0. The SMILES string of the molecule is O=S(=O)(C1CC1)N1CCc2cc(Br)ccc2C1. The fourth-order valence-electron chi connectivity index (χ4n) is 2.29. The minimum absolute atomic E-state index is 0.0977. The number of hydrogen-bond acceptors (Lipinski definition) is 2. The van der Waals surface area contributed by atoms with Crippen molar-refractivity contribution in [3.05, 3.63) is 33.8 Å². The molecule has 17 heavy (non-hydrogen) atoms. The number of sulfonamides is 1. The second-order valence-corrected chi connectivity index (χ2v) is 7.87. The van der Waals surface area contributed by atoms with Crippen LogP contribution in [0.25, 0.3) is 0 Å². The number of benzene rings is 1. The van der Waals surface area contributed by atoms with E-state index in [1.54, 1.807) is 4.31 Å². The van der Waals surface area contributed by atoms with Crippen LogP contribution in [0.4, 0.5) is 0 Å². The van der Waals surface area contributed by atoms with Gasteiger partial charge in [0.2, 0.25) is 10.0 Å². The van der Waals surface area contributed by atoms with Crippen LogP contribution in [0.3, 0.4) is 0 Å². The zero-order valence-electron chi connectivity index (χ0n) is 9.39. The van der Waals surface area contributed by atoms with E-state index in [1.807, 2.05) is 12.1 Å². The van der Waals surface area contributed by atoms with E-state index in [4.69, 9.17) is 0 Å². The highest BCUT2D eigenvalue weighted by Crippen LogP contribution is 2.33. The van der Waals surface area contributed by atoms with Gasteiger partial charge in [-0.15, -0.1) is 0 Å². The summed E-state index contributed by atoms with van der Waals surface area (Å²) in [7, 11) is -3.02. The number of fused-ring (bicyclic) bond motifs is 1. The van der Waals surface area contributed by atoms with Gasteiger partial charge >= 0.3 is 0 Å². The number of nitrogens with zero attached hydrogens (tertiary/aromatic N) is 1. The molecule has 0 N–H and O–H groups in total. The minimum Gasteiger partial charge on any atom is -0.212 e. The molecule has 0 bridgehead atoms. The van der Waals surface area contributed by atoms with Gasteiger partial charge in [-0.25, -0.2) is 8.42 Å². The Labute approximate surface area is 110 Å². The van der Waals surface area contributed by atoms with Crippen LogP contribution in [0.15, 0.2) is 22.7 Å². The predicted molar refractivity (Wildman–Crippen MR) is 70.2 cm³/mol. The van der Waals surface area contributed by atoms with Gasteiger partial charge in [-0.1, -0.05) is 22.0 Å². The normalized spacial score (nSPS) is 21.2. The van der Waals surface area contributed by atoms with Gasteiger partial charge in [0.05, 0.1) is 5.25 Å². The summed E-state index contributed by atoms with van der Waals surface area (Å²) in [6.45, 7) is 1.17. The van der Waals surface area contributed by atoms with Crippen molar-refractivity contribution in [2.24, 2.45) is 0 Å². The molecule has 3 nitrogen and oxygen atoms in total. The third-order valence-corrected chi connectivity index (χ3v) is 6.29. The monoisotopic (exact) mass is 315 g/mol. The molecule has 1 aliphatic carbocycles. The first-order chi connectivity index (χ1) is 8.07. The van der Waals surface area contributed by atoms with Crippen molar-refractivity contribution >= 4 is 26.0 Å². The zero-order chi connectivity index (χ0) is 12.0. The second-order valence-electron chi connectivity index (χ2n) is 4.74. The van der Waals surface area contributed by atoms with E-state index in [1.165, 1.54) is 5.56 Å². The lowest BCUT2D eigenvalue weighted by Gasteiger charge is -2.28. The number of hydrogen-bond donors (Lipinski definition) is 0. The molecule has 0 saturated heterocycles. The lowest BCUT2D eigenvalue weighted by Crippen LogP contribution is -2.37. The van der Waals surface area contributed by atoms with Gasteiger partial charge in [-0.2, -0.15) is 4.31 Å². The molecular formula is C12H14BrNO2S. The van der Waals surface area contributed by atoms with Gasteiger partial charge in [-0.05, 0) is 42.5 Å². The van der Waals surface area contributed by atoms with Gasteiger partial charge < -0.3 is 0 Å². The standard InChI is InChI=1S/C12H14BrNO2S/c13-11-2-1-10-8-14(6-5-9(10)7-11)17(15,16)12-3-4-12/h1-2,7,12H,3-6,8H2. The first-order valence-electron chi connectivity index (χ1n) is 5.83. The highest BCUT2D eigenvalue weighted by molar-refractivity contribution is 9.10. The van der Waals surface area contributed by atoms with Crippen molar-refractivity contribution in [3.8, 4) is 0 Å². The fourth-order valence-corrected chi connectivity index (χ4v) is 4.52. The maximum Gasteiger partial charge on any atom is 0.217 e. The van der Waals surface area contributed by atoms with E-state index >= 15 is 0 Å². The summed E-state index contributed by atoms with van der Waals surface area (Å²) in [6, 6.07) is 6.09. The molecule has 1 aromatic rings. The van der Waals surface area contributed by atoms with Gasteiger partial charge in [-0.3, -0.25) is 0 Å². The van der Waals surface area contributed by atoms with Gasteiger partial charge in [0.25, 0.3) is 0 Å². The molecule has 1 heterocycles. The maximum absolute atomic E-state index is 12.1. The van der Waals surface area contributed by atoms with Crippen molar-refractivity contribution in [2.75, 3.05) is 6.54 Å². The molecule has 0 spiro atoms. The summed E-state index contributed by atoms with van der Waals surface area (Å²) in [5.41, 5.74) is 2.41. The highest BCUT2D eigenvalue weighted by Gasteiger charge is 2.40. The maximum atomic E-state index is 12.1. The fraction of sp³-hybridized carbons (Fsp3) is 0.500. The summed E-state index contributed by atoms with van der Waals surface area (Å²) in [6.07, 6.45) is 2.50. The molecule has 0 amide bonds. The van der Waals surface area contributed by atoms with Crippen molar-refractivity contribution in [3.63, 3.8) is 0 Å². The van der Waals surface area contributed by atoms with E-state index < -0.39 is 10.0 Å². The molecule has 0 unspecified atom stereocenters. The van der Waals surface area contributed by atoms with Crippen molar-refractivity contribution in [1.82, 2.24) is 4.31 Å². The average Bonchev–Trinajstić information content (AvgIpc) is 3.12. The van der Waals surface area contributed by atoms with Crippen molar-refractivity contribution in [1.29, 1.82) is 0 Å². The third kappa shape index (κ3) is 2.16. The first kappa shape index (κ1) is 11.7. The Morgan fingerprint density at radius 1 is 1.24 bits per heavy atom. The molecule has 1 fully saturated rings. The molecule has 0 aromatic heterocycles. The lowest BCUT2D eigenvalue weighted by molar-refractivity contribution is 0.390. The molecule has 92 valence electrons. The Bertz CT molecular complexity index is 552. The summed E-state index contributed by atoms with van der Waals surface area (Å²) < 4.78 is 27.0. The van der Waals surface area contributed by atoms with Crippen LogP contribution in [-0.2, 0) is 23.0 Å². The van der Waals surface area contributed by atoms with Crippen LogP contribution in [0, 0.1) is 0 Å².